The van der Waals surface area contributed by atoms with Gasteiger partial charge in [-0.3, -0.25) is 9.59 Å². The van der Waals surface area contributed by atoms with Crippen LogP contribution in [0, 0.1) is 0 Å². The molecule has 4 aromatic rings. The Morgan fingerprint density at radius 1 is 1.06 bits per heavy atom. The van der Waals surface area contributed by atoms with Crippen molar-refractivity contribution in [2.75, 3.05) is 13.1 Å². The Kier molecular flexibility index (Phi) is 4.78. The van der Waals surface area contributed by atoms with E-state index in [0.717, 1.165) is 16.8 Å². The molecule has 3 aromatic heterocycles. The lowest BCUT2D eigenvalue weighted by Crippen LogP contribution is -2.48. The summed E-state index contributed by atoms with van der Waals surface area (Å²) in [5.74, 6) is 0.264. The van der Waals surface area contributed by atoms with Crippen LogP contribution in [0.2, 0.25) is 0 Å². The number of aryl methyl sites for hydroxylation is 1. The minimum Gasteiger partial charge on any atom is -0.348 e. The predicted octanol–water partition coefficient (Wildman–Crippen LogP) is 2.84. The van der Waals surface area contributed by atoms with Crippen LogP contribution < -0.4 is 5.32 Å². The first-order valence-corrected chi connectivity index (χ1v) is 10.3. The van der Waals surface area contributed by atoms with Crippen LogP contribution in [0.15, 0.2) is 73.3 Å². The molecule has 0 bridgehead atoms. The molecule has 7 heteroatoms. The molecule has 1 aliphatic rings. The fraction of sp³-hybridized carbons (Fsp3) is 0.208. The molecule has 0 saturated carbocycles. The molecular formula is C24H23N5O2. The quantitative estimate of drug-likeness (QED) is 0.547. The van der Waals surface area contributed by atoms with Crippen molar-refractivity contribution in [2.45, 2.75) is 12.5 Å². The number of pyridine rings is 1. The van der Waals surface area contributed by atoms with Gasteiger partial charge in [0.1, 0.15) is 11.3 Å². The van der Waals surface area contributed by atoms with Crippen LogP contribution >= 0.6 is 0 Å². The largest absolute Gasteiger partial charge is 0.348 e. The summed E-state index contributed by atoms with van der Waals surface area (Å²) in [6, 6.07) is 15.3. The van der Waals surface area contributed by atoms with Gasteiger partial charge in [0.25, 0.3) is 11.8 Å². The molecule has 0 atom stereocenters. The van der Waals surface area contributed by atoms with Gasteiger partial charge in [-0.25, -0.2) is 4.98 Å². The average molecular weight is 413 g/mol. The highest BCUT2D eigenvalue weighted by molar-refractivity contribution is 5.94. The van der Waals surface area contributed by atoms with E-state index >= 15 is 0 Å². The topological polar surface area (TPSA) is 71.6 Å². The first-order valence-electron chi connectivity index (χ1n) is 10.3. The van der Waals surface area contributed by atoms with Gasteiger partial charge in [-0.2, -0.15) is 0 Å². The number of carbonyl (C=O) groups is 2. The van der Waals surface area contributed by atoms with Crippen LogP contribution in [0.1, 0.15) is 37.9 Å². The molecule has 7 nitrogen and oxygen atoms in total. The van der Waals surface area contributed by atoms with E-state index in [1.165, 1.54) is 0 Å². The van der Waals surface area contributed by atoms with E-state index in [2.05, 4.69) is 10.3 Å². The Morgan fingerprint density at radius 2 is 1.87 bits per heavy atom. The van der Waals surface area contributed by atoms with Gasteiger partial charge in [0.15, 0.2) is 0 Å². The summed E-state index contributed by atoms with van der Waals surface area (Å²) in [5.41, 5.74) is 4.34. The molecule has 0 spiro atoms. The maximum absolute atomic E-state index is 12.5. The van der Waals surface area contributed by atoms with Crippen molar-refractivity contribution in [3.63, 3.8) is 0 Å². The normalized spacial score (nSPS) is 13.9. The predicted molar refractivity (Wildman–Crippen MR) is 117 cm³/mol. The monoisotopic (exact) mass is 413 g/mol. The summed E-state index contributed by atoms with van der Waals surface area (Å²) in [7, 11) is 1.88. The molecule has 0 radical (unpaired) electrons. The molecular weight excluding hydrogens is 390 g/mol. The summed E-state index contributed by atoms with van der Waals surface area (Å²) in [4.78, 5) is 31.2. The smallest absolute Gasteiger partial charge is 0.270 e. The van der Waals surface area contributed by atoms with Crippen molar-refractivity contribution in [3.05, 3.63) is 95.7 Å². The number of nitrogens with zero attached hydrogens (tertiary/aromatic N) is 4. The number of likely N-dealkylation sites (tertiary alicyclic amines) is 1. The Labute approximate surface area is 179 Å². The third kappa shape index (κ3) is 3.70. The summed E-state index contributed by atoms with van der Waals surface area (Å²) >= 11 is 0. The van der Waals surface area contributed by atoms with Gasteiger partial charge in [-0.15, -0.1) is 0 Å². The van der Waals surface area contributed by atoms with Crippen LogP contribution in [0.5, 0.6) is 0 Å². The molecule has 0 unspecified atom stereocenters. The number of imidazole rings is 1. The SMILES string of the molecule is Cn1cccc1C(=O)N1CC(c2ccc(C(=O)NCc3ccn4ccnc4c3)cc2)C1. The molecule has 1 saturated heterocycles. The zero-order chi connectivity index (χ0) is 21.4. The second-order valence-corrected chi connectivity index (χ2v) is 7.94. The second-order valence-electron chi connectivity index (χ2n) is 7.94. The number of aromatic nitrogens is 3. The maximum atomic E-state index is 12.5. The van der Waals surface area contributed by atoms with Gasteiger partial charge in [0.05, 0.1) is 0 Å². The van der Waals surface area contributed by atoms with Gasteiger partial charge < -0.3 is 19.2 Å². The molecule has 156 valence electrons. The van der Waals surface area contributed by atoms with Crippen LogP contribution in [0.4, 0.5) is 0 Å². The number of nitrogens with one attached hydrogen (secondary N) is 1. The van der Waals surface area contributed by atoms with E-state index in [4.69, 9.17) is 0 Å². The molecule has 1 N–H and O–H groups in total. The first-order chi connectivity index (χ1) is 15.1. The lowest BCUT2D eigenvalue weighted by atomic mass is 9.90. The van der Waals surface area contributed by atoms with Crippen LogP contribution in [0.25, 0.3) is 5.65 Å². The van der Waals surface area contributed by atoms with Gasteiger partial charge in [0.2, 0.25) is 0 Å². The zero-order valence-electron chi connectivity index (χ0n) is 17.2. The van der Waals surface area contributed by atoms with E-state index in [1.807, 2.05) is 88.0 Å². The number of benzene rings is 1. The van der Waals surface area contributed by atoms with E-state index in [0.29, 0.717) is 36.8 Å². The molecule has 1 aromatic carbocycles. The van der Waals surface area contributed by atoms with E-state index in [-0.39, 0.29) is 11.8 Å². The van der Waals surface area contributed by atoms with Crippen molar-refractivity contribution in [1.82, 2.24) is 24.2 Å². The lowest BCUT2D eigenvalue weighted by molar-refractivity contribution is 0.0592. The number of carbonyl (C=O) groups excluding carboxylic acids is 2. The van der Waals surface area contributed by atoms with Gasteiger partial charge in [-0.05, 0) is 47.5 Å². The Bertz CT molecular complexity index is 1250. The standard InChI is InChI=1S/C24H23N5O2/c1-27-10-2-3-21(27)24(31)29-15-20(16-29)18-4-6-19(7-5-18)23(30)26-14-17-8-11-28-12-9-25-22(28)13-17/h2-13,20H,14-16H2,1H3,(H,26,30). The summed E-state index contributed by atoms with van der Waals surface area (Å²) in [6.07, 6.45) is 7.45. The maximum Gasteiger partial charge on any atom is 0.270 e. The van der Waals surface area contributed by atoms with Crippen molar-refractivity contribution in [3.8, 4) is 0 Å². The fourth-order valence-electron chi connectivity index (χ4n) is 3.95. The Morgan fingerprint density at radius 3 is 2.61 bits per heavy atom. The minimum atomic E-state index is -0.108. The zero-order valence-corrected chi connectivity index (χ0v) is 17.2. The number of amides is 2. The van der Waals surface area contributed by atoms with Crippen LogP contribution in [-0.2, 0) is 13.6 Å². The van der Waals surface area contributed by atoms with Gasteiger partial charge in [-0.1, -0.05) is 12.1 Å². The number of rotatable bonds is 5. The Hall–Kier alpha value is -3.87. The number of fused-ring (bicyclic) bond motifs is 1. The van der Waals surface area contributed by atoms with Crippen molar-refractivity contribution < 1.29 is 9.59 Å². The molecule has 0 aliphatic carbocycles. The molecule has 31 heavy (non-hydrogen) atoms. The molecule has 1 fully saturated rings. The van der Waals surface area contributed by atoms with Gasteiger partial charge >= 0.3 is 0 Å². The lowest BCUT2D eigenvalue weighted by Gasteiger charge is -2.39. The van der Waals surface area contributed by atoms with E-state index < -0.39 is 0 Å². The molecule has 5 rings (SSSR count). The summed E-state index contributed by atoms with van der Waals surface area (Å²) in [6.45, 7) is 1.85. The highest BCUT2D eigenvalue weighted by Gasteiger charge is 2.33. The van der Waals surface area contributed by atoms with Gasteiger partial charge in [0, 0.05) is 63.0 Å². The number of hydrogen-bond acceptors (Lipinski definition) is 3. The summed E-state index contributed by atoms with van der Waals surface area (Å²) < 4.78 is 3.77. The van der Waals surface area contributed by atoms with E-state index in [1.54, 1.807) is 6.20 Å². The van der Waals surface area contributed by atoms with Crippen LogP contribution in [0.3, 0.4) is 0 Å². The van der Waals surface area contributed by atoms with Crippen LogP contribution in [-0.4, -0.2) is 43.8 Å². The average Bonchev–Trinajstić information content (AvgIpc) is 3.39. The number of hydrogen-bond donors (Lipinski definition) is 1. The Balaban J connectivity index is 1.16. The van der Waals surface area contributed by atoms with Crippen molar-refractivity contribution in [1.29, 1.82) is 0 Å². The highest BCUT2D eigenvalue weighted by atomic mass is 16.2. The third-order valence-electron chi connectivity index (χ3n) is 5.89. The molecule has 2 amide bonds. The summed E-state index contributed by atoms with van der Waals surface area (Å²) in [5, 5.41) is 2.96. The van der Waals surface area contributed by atoms with Crippen molar-refractivity contribution in [2.24, 2.45) is 7.05 Å². The molecule has 1 aliphatic heterocycles. The first kappa shape index (κ1) is 19.1. The minimum absolute atomic E-state index is 0.0632. The highest BCUT2D eigenvalue weighted by Crippen LogP contribution is 2.28. The third-order valence-corrected chi connectivity index (χ3v) is 5.89. The second kappa shape index (κ2) is 7.75. The fourth-order valence-corrected chi connectivity index (χ4v) is 3.95. The van der Waals surface area contributed by atoms with E-state index in [9.17, 15) is 9.59 Å². The van der Waals surface area contributed by atoms with Crippen molar-refractivity contribution >= 4 is 17.5 Å². The molecule has 4 heterocycles.